The van der Waals surface area contributed by atoms with E-state index in [0.717, 1.165) is 22.2 Å². The molecule has 0 aliphatic rings. The van der Waals surface area contributed by atoms with Crippen LogP contribution in [-0.2, 0) is 13.6 Å². The van der Waals surface area contributed by atoms with E-state index in [0.29, 0.717) is 6.54 Å². The molecule has 0 spiro atoms. The molecule has 2 aromatic carbocycles. The van der Waals surface area contributed by atoms with E-state index in [4.69, 9.17) is 0 Å². The average Bonchev–Trinajstić information content (AvgIpc) is 3.09. The predicted molar refractivity (Wildman–Crippen MR) is 97.6 cm³/mol. The van der Waals surface area contributed by atoms with Gasteiger partial charge in [-0.1, -0.05) is 36.4 Å². The highest BCUT2D eigenvalue weighted by Crippen LogP contribution is 2.24. The van der Waals surface area contributed by atoms with E-state index in [1.54, 1.807) is 7.05 Å². The molecule has 4 rings (SSSR count). The maximum Gasteiger partial charge on any atom is 0.292 e. The summed E-state index contributed by atoms with van der Waals surface area (Å²) in [6.45, 7) is 0.712. The van der Waals surface area contributed by atoms with Crippen LogP contribution in [0.5, 0.6) is 5.75 Å². The number of nitrogens with zero attached hydrogens (tertiary/aromatic N) is 3. The molecule has 1 N–H and O–H groups in total. The maximum absolute atomic E-state index is 11.8. The normalized spacial score (nSPS) is 11.1. The molecule has 0 amide bonds. The second-order valence-electron chi connectivity index (χ2n) is 6.05. The van der Waals surface area contributed by atoms with E-state index in [1.165, 1.54) is 16.2 Å². The third-order valence-electron chi connectivity index (χ3n) is 4.33. The van der Waals surface area contributed by atoms with Gasteiger partial charge >= 0.3 is 0 Å². The van der Waals surface area contributed by atoms with Crippen molar-refractivity contribution < 1.29 is 5.11 Å². The van der Waals surface area contributed by atoms with Gasteiger partial charge in [0.15, 0.2) is 5.75 Å². The number of hydrogen-bond acceptors (Lipinski definition) is 3. The summed E-state index contributed by atoms with van der Waals surface area (Å²) in [5.74, 6) is -0.248. The highest BCUT2D eigenvalue weighted by atomic mass is 16.3. The molecule has 2 aromatic heterocycles. The van der Waals surface area contributed by atoms with Crippen molar-refractivity contribution in [2.45, 2.75) is 6.54 Å². The van der Waals surface area contributed by atoms with Crippen LogP contribution in [0.15, 0.2) is 71.7 Å². The Morgan fingerprint density at radius 1 is 1.04 bits per heavy atom. The second-order valence-corrected chi connectivity index (χ2v) is 6.05. The molecule has 0 atom stereocenters. The van der Waals surface area contributed by atoms with Crippen LogP contribution in [0.3, 0.4) is 0 Å². The monoisotopic (exact) mass is 331 g/mol. The zero-order valence-corrected chi connectivity index (χ0v) is 13.8. The first-order valence-corrected chi connectivity index (χ1v) is 8.02. The fourth-order valence-corrected chi connectivity index (χ4v) is 3.00. The van der Waals surface area contributed by atoms with Gasteiger partial charge < -0.3 is 9.67 Å². The SMILES string of the molecule is Cn1c(=O)c(O)cc2cc(-c3ccn(Cc4ccccc4)n3)ccc21. The summed E-state index contributed by atoms with van der Waals surface area (Å²) in [5.41, 5.74) is 3.36. The number of aryl methyl sites for hydroxylation is 1. The number of benzene rings is 2. The molecule has 0 unspecified atom stereocenters. The molecule has 0 aliphatic carbocycles. The smallest absolute Gasteiger partial charge is 0.292 e. The van der Waals surface area contributed by atoms with Gasteiger partial charge in [0.05, 0.1) is 17.8 Å². The van der Waals surface area contributed by atoms with Crippen LogP contribution < -0.4 is 5.56 Å². The van der Waals surface area contributed by atoms with Crippen molar-refractivity contribution in [1.29, 1.82) is 0 Å². The van der Waals surface area contributed by atoms with Crippen molar-refractivity contribution in [3.63, 3.8) is 0 Å². The lowest BCUT2D eigenvalue weighted by Crippen LogP contribution is -2.15. The molecule has 5 nitrogen and oxygen atoms in total. The molecule has 0 saturated heterocycles. The van der Waals surface area contributed by atoms with Crippen molar-refractivity contribution in [3.05, 3.63) is 82.8 Å². The first-order valence-electron chi connectivity index (χ1n) is 8.02. The molecule has 2 heterocycles. The van der Waals surface area contributed by atoms with Gasteiger partial charge in [0, 0.05) is 24.2 Å². The molecular weight excluding hydrogens is 314 g/mol. The lowest BCUT2D eigenvalue weighted by Gasteiger charge is -2.07. The summed E-state index contributed by atoms with van der Waals surface area (Å²) in [5, 5.41) is 15.2. The molecule has 0 aliphatic heterocycles. The number of fused-ring (bicyclic) bond motifs is 1. The van der Waals surface area contributed by atoms with Crippen LogP contribution >= 0.6 is 0 Å². The van der Waals surface area contributed by atoms with Crippen molar-refractivity contribution in [3.8, 4) is 17.0 Å². The Labute approximate surface area is 144 Å². The number of aromatic hydroxyl groups is 1. The largest absolute Gasteiger partial charge is 0.503 e. The van der Waals surface area contributed by atoms with Gasteiger partial charge in [-0.05, 0) is 29.8 Å². The zero-order chi connectivity index (χ0) is 17.4. The molecule has 4 aromatic rings. The van der Waals surface area contributed by atoms with Crippen molar-refractivity contribution in [2.24, 2.45) is 7.05 Å². The van der Waals surface area contributed by atoms with Crippen LogP contribution in [0.4, 0.5) is 0 Å². The van der Waals surface area contributed by atoms with Gasteiger partial charge in [0.1, 0.15) is 0 Å². The molecule has 0 fully saturated rings. The van der Waals surface area contributed by atoms with Crippen LogP contribution in [0, 0.1) is 0 Å². The molecule has 0 radical (unpaired) electrons. The lowest BCUT2D eigenvalue weighted by atomic mass is 10.1. The maximum atomic E-state index is 11.8. The molecular formula is C20H17N3O2. The Morgan fingerprint density at radius 2 is 1.84 bits per heavy atom. The quantitative estimate of drug-likeness (QED) is 0.627. The van der Waals surface area contributed by atoms with Crippen LogP contribution in [0.1, 0.15) is 5.56 Å². The fraction of sp³-hybridized carbons (Fsp3) is 0.100. The molecule has 5 heteroatoms. The molecule has 124 valence electrons. The van der Waals surface area contributed by atoms with Crippen LogP contribution in [-0.4, -0.2) is 19.5 Å². The summed E-state index contributed by atoms with van der Waals surface area (Å²) in [7, 11) is 1.65. The standard InChI is InChI=1S/C20H17N3O2/c1-22-18-8-7-15(11-16(18)12-19(24)20(22)25)17-9-10-23(21-17)13-14-5-3-2-4-6-14/h2-12,24H,13H2,1H3. The van der Waals surface area contributed by atoms with Gasteiger partial charge in [-0.15, -0.1) is 0 Å². The summed E-state index contributed by atoms with van der Waals surface area (Å²) < 4.78 is 3.34. The fourth-order valence-electron chi connectivity index (χ4n) is 3.00. The molecule has 0 bridgehead atoms. The van der Waals surface area contributed by atoms with Crippen LogP contribution in [0.25, 0.3) is 22.2 Å². The van der Waals surface area contributed by atoms with Crippen LogP contribution in [0.2, 0.25) is 0 Å². The summed E-state index contributed by atoms with van der Waals surface area (Å²) in [4.78, 5) is 11.8. The van der Waals surface area contributed by atoms with Gasteiger partial charge in [-0.25, -0.2) is 0 Å². The Balaban J connectivity index is 1.70. The Morgan fingerprint density at radius 3 is 2.64 bits per heavy atom. The topological polar surface area (TPSA) is 60.1 Å². The van der Waals surface area contributed by atoms with Gasteiger partial charge in [0.2, 0.25) is 0 Å². The first kappa shape index (κ1) is 15.2. The third-order valence-corrected chi connectivity index (χ3v) is 4.33. The zero-order valence-electron chi connectivity index (χ0n) is 13.8. The van der Waals surface area contributed by atoms with E-state index in [1.807, 2.05) is 53.3 Å². The number of pyridine rings is 1. The minimum atomic E-state index is -0.396. The van der Waals surface area contributed by atoms with E-state index < -0.39 is 5.56 Å². The summed E-state index contributed by atoms with van der Waals surface area (Å²) in [6.07, 6.45) is 1.95. The Kier molecular flexibility index (Phi) is 3.61. The number of hydrogen-bond donors (Lipinski definition) is 1. The van der Waals surface area contributed by atoms with E-state index in [-0.39, 0.29) is 5.75 Å². The summed E-state index contributed by atoms with van der Waals surface area (Å²) in [6, 6.07) is 19.4. The summed E-state index contributed by atoms with van der Waals surface area (Å²) >= 11 is 0. The van der Waals surface area contributed by atoms with E-state index in [9.17, 15) is 9.90 Å². The predicted octanol–water partition coefficient (Wildman–Crippen LogP) is 3.16. The highest BCUT2D eigenvalue weighted by Gasteiger charge is 2.08. The lowest BCUT2D eigenvalue weighted by molar-refractivity contribution is 0.463. The van der Waals surface area contributed by atoms with E-state index >= 15 is 0 Å². The molecule has 25 heavy (non-hydrogen) atoms. The van der Waals surface area contributed by atoms with Gasteiger partial charge in [-0.3, -0.25) is 9.48 Å². The third kappa shape index (κ3) is 2.80. The average molecular weight is 331 g/mol. The highest BCUT2D eigenvalue weighted by molar-refractivity contribution is 5.85. The van der Waals surface area contributed by atoms with Crippen molar-refractivity contribution in [1.82, 2.24) is 14.3 Å². The number of aromatic nitrogens is 3. The first-order chi connectivity index (χ1) is 12.1. The van der Waals surface area contributed by atoms with Gasteiger partial charge in [0.25, 0.3) is 5.56 Å². The molecule has 0 saturated carbocycles. The Bertz CT molecular complexity index is 1110. The minimum absolute atomic E-state index is 0.248. The van der Waals surface area contributed by atoms with Crippen molar-refractivity contribution >= 4 is 10.9 Å². The van der Waals surface area contributed by atoms with Gasteiger partial charge in [-0.2, -0.15) is 5.10 Å². The minimum Gasteiger partial charge on any atom is -0.503 e. The van der Waals surface area contributed by atoms with E-state index in [2.05, 4.69) is 17.2 Å². The van der Waals surface area contributed by atoms with Crippen molar-refractivity contribution in [2.75, 3.05) is 0 Å². The Hall–Kier alpha value is -3.34. The number of rotatable bonds is 3. The second kappa shape index (κ2) is 5.94.